The van der Waals surface area contributed by atoms with Crippen LogP contribution in [-0.4, -0.2) is 16.1 Å². The molecule has 0 unspecified atom stereocenters. The van der Waals surface area contributed by atoms with Crippen LogP contribution in [0, 0.1) is 13.8 Å². The molecule has 0 amide bonds. The predicted molar refractivity (Wildman–Crippen MR) is 81.4 cm³/mol. The number of rotatable bonds is 5. The predicted octanol–water partition coefficient (Wildman–Crippen LogP) is 4.35. The van der Waals surface area contributed by atoms with E-state index in [2.05, 4.69) is 30.2 Å². The maximum Gasteiger partial charge on any atom is 0.207 e. The molecule has 0 radical (unpaired) electrons. The lowest BCUT2D eigenvalue weighted by Gasteiger charge is -2.11. The van der Waals surface area contributed by atoms with Crippen LogP contribution in [0.2, 0.25) is 5.02 Å². The van der Waals surface area contributed by atoms with Gasteiger partial charge in [0.15, 0.2) is 0 Å². The van der Waals surface area contributed by atoms with Crippen LogP contribution in [0.5, 0.6) is 0 Å². The summed E-state index contributed by atoms with van der Waals surface area (Å²) in [7, 11) is 0. The van der Waals surface area contributed by atoms with E-state index in [1.165, 1.54) is 5.56 Å². The molecule has 0 aliphatic rings. The SMILES string of the molecule is CCCCNc1nc(C)cn1-c1cc(C)ccc1Cl. The number of nitrogens with zero attached hydrogens (tertiary/aromatic N) is 2. The topological polar surface area (TPSA) is 29.9 Å². The number of hydrogen-bond donors (Lipinski definition) is 1. The number of nitrogens with one attached hydrogen (secondary N) is 1. The number of unbranched alkanes of at least 4 members (excludes halogenated alkanes) is 1. The van der Waals surface area contributed by atoms with Gasteiger partial charge in [-0.3, -0.25) is 4.57 Å². The molecular weight excluding hydrogens is 258 g/mol. The van der Waals surface area contributed by atoms with Crippen molar-refractivity contribution >= 4 is 17.5 Å². The fourth-order valence-corrected chi connectivity index (χ4v) is 2.20. The summed E-state index contributed by atoms with van der Waals surface area (Å²) in [5.74, 6) is 0.860. The molecule has 1 aromatic heterocycles. The molecule has 3 nitrogen and oxygen atoms in total. The summed E-state index contributed by atoms with van der Waals surface area (Å²) in [6, 6.07) is 6.02. The van der Waals surface area contributed by atoms with Crippen molar-refractivity contribution in [2.24, 2.45) is 0 Å². The van der Waals surface area contributed by atoms with Gasteiger partial charge in [-0.1, -0.05) is 31.0 Å². The van der Waals surface area contributed by atoms with Gasteiger partial charge in [-0.25, -0.2) is 4.98 Å². The van der Waals surface area contributed by atoms with Crippen LogP contribution >= 0.6 is 11.6 Å². The van der Waals surface area contributed by atoms with E-state index in [1.807, 2.05) is 29.8 Å². The first-order chi connectivity index (χ1) is 9.11. The van der Waals surface area contributed by atoms with E-state index < -0.39 is 0 Å². The lowest BCUT2D eigenvalue weighted by molar-refractivity contribution is 0.823. The molecule has 4 heteroatoms. The standard InChI is InChI=1S/C15H20ClN3/c1-4-5-8-17-15-18-12(3)10-19(15)14-9-11(2)6-7-13(14)16/h6-7,9-10H,4-5,8H2,1-3H3,(H,17,18). The highest BCUT2D eigenvalue weighted by molar-refractivity contribution is 6.32. The third-order valence-electron chi connectivity index (χ3n) is 3.00. The Morgan fingerprint density at radius 2 is 2.11 bits per heavy atom. The molecule has 0 saturated heterocycles. The lowest BCUT2D eigenvalue weighted by atomic mass is 10.2. The Balaban J connectivity index is 2.35. The zero-order valence-corrected chi connectivity index (χ0v) is 12.5. The summed E-state index contributed by atoms with van der Waals surface area (Å²) in [5.41, 5.74) is 3.14. The molecule has 1 N–H and O–H groups in total. The largest absolute Gasteiger partial charge is 0.355 e. The fourth-order valence-electron chi connectivity index (χ4n) is 1.99. The van der Waals surface area contributed by atoms with Crippen molar-refractivity contribution < 1.29 is 0 Å². The first-order valence-electron chi connectivity index (χ1n) is 6.68. The molecule has 19 heavy (non-hydrogen) atoms. The van der Waals surface area contributed by atoms with E-state index in [4.69, 9.17) is 11.6 Å². The van der Waals surface area contributed by atoms with Gasteiger partial charge >= 0.3 is 0 Å². The van der Waals surface area contributed by atoms with Gasteiger partial charge in [0, 0.05) is 12.7 Å². The summed E-state index contributed by atoms with van der Waals surface area (Å²) in [5, 5.41) is 4.11. The van der Waals surface area contributed by atoms with Crippen molar-refractivity contribution in [3.63, 3.8) is 0 Å². The molecule has 2 rings (SSSR count). The van der Waals surface area contributed by atoms with Crippen molar-refractivity contribution in [1.29, 1.82) is 0 Å². The van der Waals surface area contributed by atoms with E-state index in [0.717, 1.165) is 41.7 Å². The van der Waals surface area contributed by atoms with Crippen molar-refractivity contribution in [2.75, 3.05) is 11.9 Å². The van der Waals surface area contributed by atoms with E-state index in [-0.39, 0.29) is 0 Å². The van der Waals surface area contributed by atoms with Crippen LogP contribution in [0.25, 0.3) is 5.69 Å². The highest BCUT2D eigenvalue weighted by atomic mass is 35.5. The Kier molecular flexibility index (Phi) is 4.48. The van der Waals surface area contributed by atoms with E-state index >= 15 is 0 Å². The molecule has 0 aliphatic heterocycles. The average Bonchev–Trinajstić information content (AvgIpc) is 2.74. The molecule has 0 fully saturated rings. The summed E-state index contributed by atoms with van der Waals surface area (Å²) in [6.07, 6.45) is 4.31. The van der Waals surface area contributed by atoms with Crippen molar-refractivity contribution in [1.82, 2.24) is 9.55 Å². The van der Waals surface area contributed by atoms with Crippen LogP contribution in [0.4, 0.5) is 5.95 Å². The van der Waals surface area contributed by atoms with Crippen LogP contribution in [-0.2, 0) is 0 Å². The number of aryl methyl sites for hydroxylation is 2. The summed E-state index contributed by atoms with van der Waals surface area (Å²) >= 11 is 6.30. The van der Waals surface area contributed by atoms with Gasteiger partial charge in [0.05, 0.1) is 16.4 Å². The molecular formula is C15H20ClN3. The molecule has 0 atom stereocenters. The smallest absolute Gasteiger partial charge is 0.207 e. The molecule has 1 heterocycles. The molecule has 0 spiro atoms. The molecule has 2 aromatic rings. The first-order valence-corrected chi connectivity index (χ1v) is 7.06. The second-order valence-corrected chi connectivity index (χ2v) is 5.22. The zero-order chi connectivity index (χ0) is 13.8. The van der Waals surface area contributed by atoms with Gasteiger partial charge in [-0.05, 0) is 38.0 Å². The number of imidazole rings is 1. The molecule has 0 bridgehead atoms. The van der Waals surface area contributed by atoms with Gasteiger partial charge in [-0.2, -0.15) is 0 Å². The maximum absolute atomic E-state index is 6.30. The minimum atomic E-state index is 0.738. The molecule has 0 saturated carbocycles. The first kappa shape index (κ1) is 13.9. The number of halogens is 1. The number of anilines is 1. The van der Waals surface area contributed by atoms with Gasteiger partial charge in [0.25, 0.3) is 0 Å². The van der Waals surface area contributed by atoms with Crippen LogP contribution in [0.3, 0.4) is 0 Å². The summed E-state index contributed by atoms with van der Waals surface area (Å²) < 4.78 is 2.03. The normalized spacial score (nSPS) is 10.7. The van der Waals surface area contributed by atoms with Crippen molar-refractivity contribution in [2.45, 2.75) is 33.6 Å². The lowest BCUT2D eigenvalue weighted by Crippen LogP contribution is -2.07. The Morgan fingerprint density at radius 3 is 2.84 bits per heavy atom. The number of hydrogen-bond acceptors (Lipinski definition) is 2. The zero-order valence-electron chi connectivity index (χ0n) is 11.7. The maximum atomic E-state index is 6.30. The van der Waals surface area contributed by atoms with Gasteiger partial charge in [0.2, 0.25) is 5.95 Å². The highest BCUT2D eigenvalue weighted by Crippen LogP contribution is 2.25. The third-order valence-corrected chi connectivity index (χ3v) is 3.32. The van der Waals surface area contributed by atoms with E-state index in [1.54, 1.807) is 0 Å². The summed E-state index contributed by atoms with van der Waals surface area (Å²) in [4.78, 5) is 4.52. The second kappa shape index (κ2) is 6.11. The Hall–Kier alpha value is -1.48. The van der Waals surface area contributed by atoms with Crippen LogP contribution in [0.1, 0.15) is 31.0 Å². The quantitative estimate of drug-likeness (QED) is 0.823. The minimum Gasteiger partial charge on any atom is -0.355 e. The Labute approximate surface area is 119 Å². The number of aromatic nitrogens is 2. The summed E-state index contributed by atoms with van der Waals surface area (Å²) in [6.45, 7) is 7.16. The third kappa shape index (κ3) is 3.29. The van der Waals surface area contributed by atoms with Crippen molar-refractivity contribution in [3.05, 3.63) is 40.7 Å². The molecule has 0 aliphatic carbocycles. The Bertz CT molecular complexity index is 561. The molecule has 1 aromatic carbocycles. The van der Waals surface area contributed by atoms with Gasteiger partial charge in [0.1, 0.15) is 0 Å². The number of benzene rings is 1. The van der Waals surface area contributed by atoms with Crippen LogP contribution < -0.4 is 5.32 Å². The van der Waals surface area contributed by atoms with E-state index in [0.29, 0.717) is 0 Å². The molecule has 102 valence electrons. The Morgan fingerprint density at radius 1 is 1.32 bits per heavy atom. The van der Waals surface area contributed by atoms with Gasteiger partial charge in [-0.15, -0.1) is 0 Å². The fraction of sp³-hybridized carbons (Fsp3) is 0.400. The van der Waals surface area contributed by atoms with Crippen LogP contribution in [0.15, 0.2) is 24.4 Å². The van der Waals surface area contributed by atoms with E-state index in [9.17, 15) is 0 Å². The average molecular weight is 278 g/mol. The van der Waals surface area contributed by atoms with Crippen molar-refractivity contribution in [3.8, 4) is 5.69 Å². The van der Waals surface area contributed by atoms with Gasteiger partial charge < -0.3 is 5.32 Å². The monoisotopic (exact) mass is 277 g/mol. The highest BCUT2D eigenvalue weighted by Gasteiger charge is 2.10. The minimum absolute atomic E-state index is 0.738. The second-order valence-electron chi connectivity index (χ2n) is 4.81.